The molecule has 1 fully saturated rings. The smallest absolute Gasteiger partial charge is 0.272 e. The molecule has 0 spiro atoms. The summed E-state index contributed by atoms with van der Waals surface area (Å²) in [5.74, 6) is 1.25. The SMILES string of the molecule is CC(C)Cn1c(N2CCNCC2)nc2ccsc2c1=O. The van der Waals surface area contributed by atoms with Crippen LogP contribution < -0.4 is 15.8 Å². The van der Waals surface area contributed by atoms with Crippen molar-refractivity contribution in [2.75, 3.05) is 31.1 Å². The number of nitrogens with zero attached hydrogens (tertiary/aromatic N) is 3. The Morgan fingerprint density at radius 2 is 2.15 bits per heavy atom. The maximum Gasteiger partial charge on any atom is 0.272 e. The summed E-state index contributed by atoms with van der Waals surface area (Å²) >= 11 is 1.48. The number of thiophene rings is 1. The summed E-state index contributed by atoms with van der Waals surface area (Å²) in [6, 6.07) is 1.94. The number of piperazine rings is 1. The Hall–Kier alpha value is -1.40. The van der Waals surface area contributed by atoms with Crippen LogP contribution in [0, 0.1) is 5.92 Å². The van der Waals surface area contributed by atoms with Crippen LogP contribution in [-0.2, 0) is 6.54 Å². The first kappa shape index (κ1) is 13.6. The van der Waals surface area contributed by atoms with Crippen LogP contribution in [0.4, 0.5) is 5.95 Å². The summed E-state index contributed by atoms with van der Waals surface area (Å²) in [7, 11) is 0. The van der Waals surface area contributed by atoms with Gasteiger partial charge in [-0.2, -0.15) is 0 Å². The third-order valence-electron chi connectivity index (χ3n) is 3.49. The lowest BCUT2D eigenvalue weighted by Crippen LogP contribution is -2.46. The van der Waals surface area contributed by atoms with E-state index in [0.717, 1.165) is 48.9 Å². The van der Waals surface area contributed by atoms with Gasteiger partial charge in [-0.3, -0.25) is 9.36 Å². The average Bonchev–Trinajstić information content (AvgIpc) is 2.91. The second-order valence-electron chi connectivity index (χ2n) is 5.59. The zero-order valence-electron chi connectivity index (χ0n) is 11.9. The molecule has 3 heterocycles. The molecule has 1 saturated heterocycles. The number of rotatable bonds is 3. The number of nitrogens with one attached hydrogen (secondary N) is 1. The summed E-state index contributed by atoms with van der Waals surface area (Å²) in [4.78, 5) is 19.6. The van der Waals surface area contributed by atoms with Gasteiger partial charge < -0.3 is 10.2 Å². The van der Waals surface area contributed by atoms with E-state index in [-0.39, 0.29) is 5.56 Å². The van der Waals surface area contributed by atoms with E-state index in [1.54, 1.807) is 0 Å². The second-order valence-corrected chi connectivity index (χ2v) is 6.51. The quantitative estimate of drug-likeness (QED) is 0.932. The van der Waals surface area contributed by atoms with Crippen molar-refractivity contribution in [1.29, 1.82) is 0 Å². The number of aromatic nitrogens is 2. The van der Waals surface area contributed by atoms with Crippen molar-refractivity contribution < 1.29 is 0 Å². The summed E-state index contributed by atoms with van der Waals surface area (Å²) in [5.41, 5.74) is 0.931. The second kappa shape index (κ2) is 5.54. The first-order valence-corrected chi connectivity index (χ1v) is 7.98. The Bertz CT molecular complexity index is 655. The molecular formula is C14H20N4OS. The topological polar surface area (TPSA) is 50.2 Å². The molecule has 0 saturated carbocycles. The number of anilines is 1. The molecule has 2 aromatic rings. The van der Waals surface area contributed by atoms with Crippen LogP contribution >= 0.6 is 11.3 Å². The highest BCUT2D eigenvalue weighted by atomic mass is 32.1. The maximum atomic E-state index is 12.7. The molecule has 1 N–H and O–H groups in total. The van der Waals surface area contributed by atoms with E-state index in [0.29, 0.717) is 5.92 Å². The summed E-state index contributed by atoms with van der Waals surface area (Å²) < 4.78 is 2.62. The van der Waals surface area contributed by atoms with E-state index >= 15 is 0 Å². The van der Waals surface area contributed by atoms with Crippen molar-refractivity contribution in [3.63, 3.8) is 0 Å². The van der Waals surface area contributed by atoms with E-state index in [2.05, 4.69) is 24.1 Å². The van der Waals surface area contributed by atoms with Crippen LogP contribution in [0.1, 0.15) is 13.8 Å². The molecule has 20 heavy (non-hydrogen) atoms. The van der Waals surface area contributed by atoms with Gasteiger partial charge in [0.1, 0.15) is 4.70 Å². The van der Waals surface area contributed by atoms with E-state index in [1.807, 2.05) is 16.0 Å². The van der Waals surface area contributed by atoms with Gasteiger partial charge in [-0.15, -0.1) is 11.3 Å². The minimum absolute atomic E-state index is 0.104. The van der Waals surface area contributed by atoms with Crippen LogP contribution in [0.25, 0.3) is 10.2 Å². The Kier molecular flexibility index (Phi) is 3.76. The van der Waals surface area contributed by atoms with Crippen molar-refractivity contribution in [2.45, 2.75) is 20.4 Å². The van der Waals surface area contributed by atoms with Crippen molar-refractivity contribution in [1.82, 2.24) is 14.9 Å². The predicted molar refractivity (Wildman–Crippen MR) is 83.8 cm³/mol. The van der Waals surface area contributed by atoms with Crippen molar-refractivity contribution >= 4 is 27.5 Å². The molecule has 0 amide bonds. The Balaban J connectivity index is 2.13. The molecule has 0 atom stereocenters. The third-order valence-corrected chi connectivity index (χ3v) is 4.38. The summed E-state index contributed by atoms with van der Waals surface area (Å²) in [6.07, 6.45) is 0. The average molecular weight is 292 g/mol. The van der Waals surface area contributed by atoms with Crippen LogP contribution in [0.2, 0.25) is 0 Å². The number of fused-ring (bicyclic) bond motifs is 1. The first-order chi connectivity index (χ1) is 9.66. The molecule has 6 heteroatoms. The molecule has 2 aromatic heterocycles. The monoisotopic (exact) mass is 292 g/mol. The highest BCUT2D eigenvalue weighted by molar-refractivity contribution is 7.17. The molecule has 0 unspecified atom stereocenters. The van der Waals surface area contributed by atoms with E-state index in [4.69, 9.17) is 4.98 Å². The van der Waals surface area contributed by atoms with Gasteiger partial charge in [-0.1, -0.05) is 13.8 Å². The van der Waals surface area contributed by atoms with E-state index in [9.17, 15) is 4.79 Å². The van der Waals surface area contributed by atoms with Gasteiger partial charge in [-0.25, -0.2) is 4.98 Å². The fourth-order valence-electron chi connectivity index (χ4n) is 2.57. The van der Waals surface area contributed by atoms with Gasteiger partial charge in [0.2, 0.25) is 5.95 Å². The third kappa shape index (κ3) is 2.45. The lowest BCUT2D eigenvalue weighted by Gasteiger charge is -2.30. The molecule has 5 nitrogen and oxygen atoms in total. The van der Waals surface area contributed by atoms with Gasteiger partial charge in [0, 0.05) is 32.7 Å². The standard InChI is InChI=1S/C14H20N4OS/c1-10(2)9-18-13(19)12-11(3-8-20-12)16-14(18)17-6-4-15-5-7-17/h3,8,10,15H,4-7,9H2,1-2H3. The van der Waals surface area contributed by atoms with Crippen LogP contribution in [0.15, 0.2) is 16.2 Å². The van der Waals surface area contributed by atoms with Crippen LogP contribution in [0.5, 0.6) is 0 Å². The Morgan fingerprint density at radius 1 is 1.40 bits per heavy atom. The molecular weight excluding hydrogens is 272 g/mol. The minimum Gasteiger partial charge on any atom is -0.340 e. The maximum absolute atomic E-state index is 12.7. The zero-order valence-corrected chi connectivity index (χ0v) is 12.7. The molecule has 108 valence electrons. The van der Waals surface area contributed by atoms with E-state index < -0.39 is 0 Å². The summed E-state index contributed by atoms with van der Waals surface area (Å²) in [5, 5.41) is 5.28. The zero-order chi connectivity index (χ0) is 14.1. The van der Waals surface area contributed by atoms with Crippen LogP contribution in [-0.4, -0.2) is 35.7 Å². The molecule has 1 aliphatic rings. The Morgan fingerprint density at radius 3 is 2.85 bits per heavy atom. The molecule has 0 bridgehead atoms. The highest BCUT2D eigenvalue weighted by Crippen LogP contribution is 2.20. The van der Waals surface area contributed by atoms with Crippen molar-refractivity contribution in [2.24, 2.45) is 5.92 Å². The van der Waals surface area contributed by atoms with Crippen molar-refractivity contribution in [3.8, 4) is 0 Å². The lowest BCUT2D eigenvalue weighted by atomic mass is 10.2. The van der Waals surface area contributed by atoms with Gasteiger partial charge in [0.15, 0.2) is 0 Å². The fraction of sp³-hybridized carbons (Fsp3) is 0.571. The predicted octanol–water partition coefficient (Wildman–Crippen LogP) is 1.52. The highest BCUT2D eigenvalue weighted by Gasteiger charge is 2.19. The number of hydrogen-bond donors (Lipinski definition) is 1. The minimum atomic E-state index is 0.104. The van der Waals surface area contributed by atoms with E-state index in [1.165, 1.54) is 11.3 Å². The molecule has 0 radical (unpaired) electrons. The van der Waals surface area contributed by atoms with Gasteiger partial charge in [0.25, 0.3) is 5.56 Å². The summed E-state index contributed by atoms with van der Waals surface area (Å²) in [6.45, 7) is 8.68. The van der Waals surface area contributed by atoms with Gasteiger partial charge in [-0.05, 0) is 17.4 Å². The molecule has 3 rings (SSSR count). The van der Waals surface area contributed by atoms with Gasteiger partial charge in [0.05, 0.1) is 5.52 Å². The lowest BCUT2D eigenvalue weighted by molar-refractivity contribution is 0.492. The molecule has 1 aliphatic heterocycles. The Labute approximate surface area is 122 Å². The normalized spacial score (nSPS) is 16.2. The molecule has 0 aliphatic carbocycles. The largest absolute Gasteiger partial charge is 0.340 e. The van der Waals surface area contributed by atoms with Gasteiger partial charge >= 0.3 is 0 Å². The molecule has 0 aromatic carbocycles. The van der Waals surface area contributed by atoms with Crippen LogP contribution in [0.3, 0.4) is 0 Å². The fourth-order valence-corrected chi connectivity index (χ4v) is 3.35. The first-order valence-electron chi connectivity index (χ1n) is 7.10. The van der Waals surface area contributed by atoms with Crippen molar-refractivity contribution in [3.05, 3.63) is 21.8 Å². The number of hydrogen-bond acceptors (Lipinski definition) is 5.